The summed E-state index contributed by atoms with van der Waals surface area (Å²) < 4.78 is 0. The fourth-order valence-corrected chi connectivity index (χ4v) is 3.23. The van der Waals surface area contributed by atoms with Gasteiger partial charge in [0.2, 0.25) is 0 Å². The molecule has 0 atom stereocenters. The Morgan fingerprint density at radius 2 is 1.32 bits per heavy atom. The van der Waals surface area contributed by atoms with Crippen LogP contribution >= 0.6 is 0 Å². The molecule has 0 fully saturated rings. The third-order valence-corrected chi connectivity index (χ3v) is 4.70. The highest BCUT2D eigenvalue weighted by atomic mass is 16.2. The second-order valence-electron chi connectivity index (χ2n) is 6.48. The molecule has 0 spiro atoms. The van der Waals surface area contributed by atoms with Crippen LogP contribution in [0.2, 0.25) is 0 Å². The molecule has 2 aromatic rings. The number of unbranched alkanes of at least 4 members (excludes halogenated alkanes) is 3. The molecule has 1 aliphatic heterocycles. The van der Waals surface area contributed by atoms with Crippen LogP contribution in [0.25, 0.3) is 0 Å². The molecule has 0 saturated heterocycles. The number of nitrogens with zero attached hydrogens (tertiary/aromatic N) is 2. The maximum Gasteiger partial charge on any atom is 0.261 e. The molecular formula is C21H24N2O2. The lowest BCUT2D eigenvalue weighted by Crippen LogP contribution is -2.30. The van der Waals surface area contributed by atoms with E-state index in [-0.39, 0.29) is 11.8 Å². The van der Waals surface area contributed by atoms with E-state index in [1.807, 2.05) is 18.2 Å². The second kappa shape index (κ2) is 7.97. The van der Waals surface area contributed by atoms with Gasteiger partial charge >= 0.3 is 0 Å². The summed E-state index contributed by atoms with van der Waals surface area (Å²) in [5, 5.41) is 0. The summed E-state index contributed by atoms with van der Waals surface area (Å²) in [7, 11) is 2.11. The van der Waals surface area contributed by atoms with Crippen LogP contribution in [-0.2, 0) is 0 Å². The molecule has 0 aromatic heterocycles. The molecule has 2 amide bonds. The van der Waals surface area contributed by atoms with E-state index in [9.17, 15) is 9.59 Å². The second-order valence-corrected chi connectivity index (χ2v) is 6.48. The fourth-order valence-electron chi connectivity index (χ4n) is 3.23. The first-order chi connectivity index (χ1) is 12.2. The molecule has 4 nitrogen and oxygen atoms in total. The average Bonchev–Trinajstić information content (AvgIpc) is 2.90. The Balaban J connectivity index is 1.37. The first-order valence-electron chi connectivity index (χ1n) is 8.90. The van der Waals surface area contributed by atoms with Gasteiger partial charge in [0.15, 0.2) is 0 Å². The van der Waals surface area contributed by atoms with Gasteiger partial charge in [-0.05, 0) is 37.1 Å². The summed E-state index contributed by atoms with van der Waals surface area (Å²) in [6.07, 6.45) is 4.09. The number of benzene rings is 2. The SMILES string of the molecule is CN(CCCCCCN1C(=O)c2ccccc2C1=O)c1ccccc1. The van der Waals surface area contributed by atoms with Crippen molar-refractivity contribution in [3.05, 3.63) is 65.7 Å². The van der Waals surface area contributed by atoms with E-state index >= 15 is 0 Å². The smallest absolute Gasteiger partial charge is 0.261 e. The zero-order chi connectivity index (χ0) is 17.6. The quantitative estimate of drug-likeness (QED) is 0.541. The van der Waals surface area contributed by atoms with Crippen molar-refractivity contribution in [3.63, 3.8) is 0 Å². The molecule has 0 bridgehead atoms. The average molecular weight is 336 g/mol. The molecule has 3 rings (SSSR count). The number of rotatable bonds is 8. The predicted molar refractivity (Wildman–Crippen MR) is 100.0 cm³/mol. The van der Waals surface area contributed by atoms with Gasteiger partial charge in [0.1, 0.15) is 0 Å². The maximum absolute atomic E-state index is 12.3. The molecule has 0 radical (unpaired) electrons. The predicted octanol–water partition coefficient (Wildman–Crippen LogP) is 3.98. The highest BCUT2D eigenvalue weighted by molar-refractivity contribution is 6.21. The lowest BCUT2D eigenvalue weighted by molar-refractivity contribution is 0.0651. The molecule has 0 unspecified atom stereocenters. The summed E-state index contributed by atoms with van der Waals surface area (Å²) in [5.41, 5.74) is 2.31. The van der Waals surface area contributed by atoms with Gasteiger partial charge in [0.25, 0.3) is 11.8 Å². The molecule has 25 heavy (non-hydrogen) atoms. The Bertz CT molecular complexity index is 708. The van der Waals surface area contributed by atoms with E-state index in [4.69, 9.17) is 0 Å². The molecule has 2 aromatic carbocycles. The van der Waals surface area contributed by atoms with Crippen LogP contribution < -0.4 is 4.90 Å². The number of amides is 2. The molecule has 0 saturated carbocycles. The number of hydrogen-bond donors (Lipinski definition) is 0. The van der Waals surface area contributed by atoms with Crippen LogP contribution in [0.5, 0.6) is 0 Å². The van der Waals surface area contributed by atoms with Crippen molar-refractivity contribution in [1.29, 1.82) is 0 Å². The fraction of sp³-hybridized carbons (Fsp3) is 0.333. The first kappa shape index (κ1) is 17.2. The normalized spacial score (nSPS) is 13.2. The van der Waals surface area contributed by atoms with Gasteiger partial charge in [-0.3, -0.25) is 14.5 Å². The Morgan fingerprint density at radius 1 is 0.760 bits per heavy atom. The summed E-state index contributed by atoms with van der Waals surface area (Å²) >= 11 is 0. The van der Waals surface area contributed by atoms with Crippen molar-refractivity contribution in [3.8, 4) is 0 Å². The minimum atomic E-state index is -0.149. The largest absolute Gasteiger partial charge is 0.375 e. The number of para-hydroxylation sites is 1. The number of hydrogen-bond acceptors (Lipinski definition) is 3. The summed E-state index contributed by atoms with van der Waals surface area (Å²) in [6.45, 7) is 1.53. The van der Waals surface area contributed by atoms with E-state index in [0.717, 1.165) is 32.2 Å². The van der Waals surface area contributed by atoms with Crippen LogP contribution in [-0.4, -0.2) is 36.9 Å². The molecule has 130 valence electrons. The standard InChI is InChI=1S/C21H24N2O2/c1-22(17-11-5-4-6-12-17)15-9-2-3-10-16-23-20(24)18-13-7-8-14-19(18)21(23)25/h4-8,11-14H,2-3,9-10,15-16H2,1H3. The van der Waals surface area contributed by atoms with E-state index in [0.29, 0.717) is 17.7 Å². The van der Waals surface area contributed by atoms with Crippen LogP contribution in [0, 0.1) is 0 Å². The lowest BCUT2D eigenvalue weighted by Gasteiger charge is -2.19. The van der Waals surface area contributed by atoms with Crippen molar-refractivity contribution in [2.75, 3.05) is 25.0 Å². The zero-order valence-corrected chi connectivity index (χ0v) is 14.6. The number of fused-ring (bicyclic) bond motifs is 1. The highest BCUT2D eigenvalue weighted by Gasteiger charge is 2.34. The Hall–Kier alpha value is -2.62. The minimum Gasteiger partial charge on any atom is -0.375 e. The zero-order valence-electron chi connectivity index (χ0n) is 14.6. The maximum atomic E-state index is 12.3. The molecule has 0 N–H and O–H groups in total. The van der Waals surface area contributed by atoms with E-state index < -0.39 is 0 Å². The minimum absolute atomic E-state index is 0.149. The van der Waals surface area contributed by atoms with Gasteiger partial charge < -0.3 is 4.90 Å². The Kier molecular flexibility index (Phi) is 5.49. The van der Waals surface area contributed by atoms with Crippen molar-refractivity contribution < 1.29 is 9.59 Å². The summed E-state index contributed by atoms with van der Waals surface area (Å²) in [5.74, 6) is -0.297. The van der Waals surface area contributed by atoms with E-state index in [1.54, 1.807) is 24.3 Å². The van der Waals surface area contributed by atoms with Crippen LogP contribution in [0.3, 0.4) is 0 Å². The van der Waals surface area contributed by atoms with Gasteiger partial charge in [0.05, 0.1) is 11.1 Å². The van der Waals surface area contributed by atoms with Crippen molar-refractivity contribution >= 4 is 17.5 Å². The van der Waals surface area contributed by atoms with E-state index in [2.05, 4.69) is 24.1 Å². The third kappa shape index (κ3) is 3.90. The summed E-state index contributed by atoms with van der Waals surface area (Å²) in [4.78, 5) is 28.2. The van der Waals surface area contributed by atoms with Crippen LogP contribution in [0.15, 0.2) is 54.6 Å². The number of carbonyl (C=O) groups is 2. The monoisotopic (exact) mass is 336 g/mol. The molecule has 0 aliphatic carbocycles. The summed E-state index contributed by atoms with van der Waals surface area (Å²) in [6, 6.07) is 17.4. The highest BCUT2D eigenvalue weighted by Crippen LogP contribution is 2.22. The number of anilines is 1. The Morgan fingerprint density at radius 3 is 1.96 bits per heavy atom. The number of imide groups is 1. The van der Waals surface area contributed by atoms with Gasteiger partial charge in [-0.25, -0.2) is 0 Å². The lowest BCUT2D eigenvalue weighted by atomic mass is 10.1. The number of carbonyl (C=O) groups excluding carboxylic acids is 2. The topological polar surface area (TPSA) is 40.6 Å². The van der Waals surface area contributed by atoms with Gasteiger partial charge in [-0.15, -0.1) is 0 Å². The first-order valence-corrected chi connectivity index (χ1v) is 8.90. The molecule has 1 heterocycles. The Labute approximate surface area is 149 Å². The van der Waals surface area contributed by atoms with Crippen LogP contribution in [0.4, 0.5) is 5.69 Å². The molecule has 1 aliphatic rings. The van der Waals surface area contributed by atoms with Crippen LogP contribution in [0.1, 0.15) is 46.4 Å². The van der Waals surface area contributed by atoms with Crippen molar-refractivity contribution in [1.82, 2.24) is 4.90 Å². The molecular weight excluding hydrogens is 312 g/mol. The third-order valence-electron chi connectivity index (χ3n) is 4.70. The van der Waals surface area contributed by atoms with Gasteiger partial charge in [-0.2, -0.15) is 0 Å². The molecule has 4 heteroatoms. The van der Waals surface area contributed by atoms with Gasteiger partial charge in [-0.1, -0.05) is 43.2 Å². The van der Waals surface area contributed by atoms with Crippen molar-refractivity contribution in [2.24, 2.45) is 0 Å². The van der Waals surface area contributed by atoms with E-state index in [1.165, 1.54) is 10.6 Å². The van der Waals surface area contributed by atoms with Gasteiger partial charge in [0, 0.05) is 25.8 Å². The van der Waals surface area contributed by atoms with Crippen molar-refractivity contribution in [2.45, 2.75) is 25.7 Å².